The van der Waals surface area contributed by atoms with Crippen molar-refractivity contribution in [3.8, 4) is 5.75 Å². The van der Waals surface area contributed by atoms with Crippen molar-refractivity contribution in [1.29, 1.82) is 0 Å². The van der Waals surface area contributed by atoms with Gasteiger partial charge in [0.1, 0.15) is 0 Å². The first-order valence-corrected chi connectivity index (χ1v) is 14.2. The molecule has 1 aromatic rings. The van der Waals surface area contributed by atoms with Gasteiger partial charge >= 0.3 is 219 Å². The Labute approximate surface area is 236 Å². The maximum absolute atomic E-state index is 11.1. The number of aliphatic hydroxyl groups is 1. The van der Waals surface area contributed by atoms with Gasteiger partial charge in [0.2, 0.25) is 0 Å². The van der Waals surface area contributed by atoms with Gasteiger partial charge in [-0.1, -0.05) is 0 Å². The molecule has 1 saturated carbocycles. The van der Waals surface area contributed by atoms with Crippen molar-refractivity contribution in [1.82, 2.24) is 0 Å². The number of rotatable bonds is 2. The van der Waals surface area contributed by atoms with Crippen LogP contribution in [0.15, 0.2) is 53.3 Å². The first-order valence-electron chi connectivity index (χ1n) is 13.3. The largest absolute Gasteiger partial charge is 0.673 e. The van der Waals surface area contributed by atoms with E-state index in [4.69, 9.17) is 0 Å². The molecule has 2 N–H and O–H groups in total. The van der Waals surface area contributed by atoms with E-state index in [-0.39, 0.29) is 10.8 Å². The molecule has 4 rings (SSSR count). The van der Waals surface area contributed by atoms with Gasteiger partial charge in [0, 0.05) is 0 Å². The average molecular weight is 594 g/mol. The fourth-order valence-corrected chi connectivity index (χ4v) is 6.74. The van der Waals surface area contributed by atoms with Gasteiger partial charge < -0.3 is 17.3 Å². The summed E-state index contributed by atoms with van der Waals surface area (Å²) in [6.45, 7) is 17.0. The van der Waals surface area contributed by atoms with Crippen LogP contribution in [0.25, 0.3) is 0 Å². The summed E-state index contributed by atoms with van der Waals surface area (Å²) in [5, 5.41) is 22.2. The van der Waals surface area contributed by atoms with E-state index in [0.717, 1.165) is 55.8 Å². The van der Waals surface area contributed by atoms with Crippen molar-refractivity contribution in [2.75, 3.05) is 0 Å². The quantitative estimate of drug-likeness (QED) is 0.276. The van der Waals surface area contributed by atoms with E-state index in [0.29, 0.717) is 30.0 Å². The number of hydrogen-bond donors (Lipinski definition) is 2. The number of nitrogens with zero attached hydrogens (tertiary/aromatic N) is 2. The van der Waals surface area contributed by atoms with Crippen LogP contribution in [0.4, 0.5) is 17.3 Å². The third-order valence-corrected chi connectivity index (χ3v) is 8.43. The van der Waals surface area contributed by atoms with Gasteiger partial charge in [0.15, 0.2) is 0 Å². The molecular weight excluding hydrogens is 554 g/mol. The number of allylic oxidation sites excluding steroid dienone is 4. The summed E-state index contributed by atoms with van der Waals surface area (Å²) in [6, 6.07) is 6.86. The van der Waals surface area contributed by atoms with Gasteiger partial charge in [-0.3, -0.25) is 0 Å². The van der Waals surface area contributed by atoms with Gasteiger partial charge in [-0.2, -0.15) is 0 Å². The predicted molar refractivity (Wildman–Crippen MR) is 146 cm³/mol. The second kappa shape index (κ2) is 11.6. The zero-order valence-electron chi connectivity index (χ0n) is 23.6. The Morgan fingerprint density at radius 3 is 1.97 bits per heavy atom. The molecule has 39 heavy (non-hydrogen) atoms. The van der Waals surface area contributed by atoms with E-state index in [1.54, 1.807) is 0 Å². The van der Waals surface area contributed by atoms with Gasteiger partial charge in [0.05, 0.1) is 0 Å². The zero-order chi connectivity index (χ0) is 29.3. The molecule has 10 heteroatoms. The maximum atomic E-state index is 11.1. The number of aromatic hydroxyl groups is 1. The standard InChI is InChI=1S/C29H40N2O2.BF4.Co/c1-19-15-21(27(33)23(16-19)29(5,6)7)18-31-25-14-9-8-13-24(25)30-17-20-11-10-12-22(26(20)32)28(2,3)4;2-1(3,4)5;/h10-12,16-18,24-25,32-33H,1,8-9,13-15H2,2-7H3;;/q;-1;+2/t24-,25-;;/m1../s1. The number of para-hydroxylation sites is 1. The predicted octanol–water partition coefficient (Wildman–Crippen LogP) is 7.49. The summed E-state index contributed by atoms with van der Waals surface area (Å²) in [5.41, 5.74) is 4.53. The van der Waals surface area contributed by atoms with Crippen LogP contribution in [0.3, 0.4) is 0 Å². The number of phenolic OH excluding ortho intramolecular Hbond substituents is 1. The number of phenols is 1. The van der Waals surface area contributed by atoms with Crippen LogP contribution in [-0.2, 0) is 20.5 Å². The van der Waals surface area contributed by atoms with Crippen LogP contribution in [0, 0.1) is 5.41 Å². The second-order valence-corrected chi connectivity index (χ2v) is 13.7. The van der Waals surface area contributed by atoms with Crippen LogP contribution in [0.1, 0.15) is 84.8 Å². The molecule has 0 amide bonds. The number of aliphatic hydroxyl groups excluding tert-OH is 1. The molecule has 0 unspecified atom stereocenters. The molecule has 2 atom stereocenters. The molecule has 1 aliphatic heterocycles. The van der Waals surface area contributed by atoms with E-state index >= 15 is 0 Å². The monoisotopic (exact) mass is 594 g/mol. The van der Waals surface area contributed by atoms with E-state index in [1.807, 2.05) is 24.3 Å². The Morgan fingerprint density at radius 1 is 0.923 bits per heavy atom. The minimum atomic E-state index is -6.00. The van der Waals surface area contributed by atoms with Crippen LogP contribution in [0.5, 0.6) is 5.75 Å². The number of hydrogen-bond acceptors (Lipinski definition) is 2. The molecule has 4 nitrogen and oxygen atoms in total. The van der Waals surface area contributed by atoms with Crippen LogP contribution in [-0.4, -0.2) is 49.2 Å². The van der Waals surface area contributed by atoms with E-state index in [2.05, 4.69) is 67.8 Å². The summed E-state index contributed by atoms with van der Waals surface area (Å²) in [4.78, 5) is 0. The summed E-state index contributed by atoms with van der Waals surface area (Å²) in [7, 11) is -6.00. The van der Waals surface area contributed by atoms with E-state index in [1.165, 1.54) is 12.8 Å². The molecule has 217 valence electrons. The fourth-order valence-electron chi connectivity index (χ4n) is 5.10. The van der Waals surface area contributed by atoms with Crippen molar-refractivity contribution in [2.45, 2.75) is 91.1 Å². The summed E-state index contributed by atoms with van der Waals surface area (Å²) in [5.74, 6) is 0.781. The van der Waals surface area contributed by atoms with Crippen LogP contribution < -0.4 is 0 Å². The van der Waals surface area contributed by atoms with Crippen molar-refractivity contribution >= 4 is 19.7 Å². The smallest absolute Gasteiger partial charge is 0.418 e. The Hall–Kier alpha value is -2.33. The zero-order valence-corrected chi connectivity index (χ0v) is 24.6. The van der Waals surface area contributed by atoms with E-state index < -0.39 is 7.25 Å². The SMILES string of the molecule is C=C1C=C(C(C)(C)C)C(O)=C(C=[N+]2[Co][N+](=Cc3cccc(C(C)(C)C)c3O)[C@@H]3CCCC[C@H]32)C1.F[B-](F)(F)F. The first kappa shape index (κ1) is 31.2. The molecular formula is C29H40BCoF4N2O2+. The van der Waals surface area contributed by atoms with Gasteiger partial charge in [0.25, 0.3) is 0 Å². The van der Waals surface area contributed by atoms with Crippen LogP contribution in [0.2, 0.25) is 0 Å². The van der Waals surface area contributed by atoms with E-state index in [9.17, 15) is 27.5 Å². The molecule has 1 heterocycles. The topological polar surface area (TPSA) is 46.5 Å². The molecule has 0 bridgehead atoms. The molecule has 3 aliphatic rings. The van der Waals surface area contributed by atoms with Gasteiger partial charge in [-0.15, -0.1) is 0 Å². The van der Waals surface area contributed by atoms with Crippen molar-refractivity contribution in [3.05, 3.63) is 64.5 Å². The molecule has 0 radical (unpaired) electrons. The summed E-state index contributed by atoms with van der Waals surface area (Å²) < 4.78 is 43.8. The van der Waals surface area contributed by atoms with Crippen molar-refractivity contribution in [2.24, 2.45) is 5.41 Å². The van der Waals surface area contributed by atoms with Crippen molar-refractivity contribution in [3.63, 3.8) is 0 Å². The third kappa shape index (κ3) is 8.10. The first-order chi connectivity index (χ1) is 17.9. The molecule has 0 aromatic heterocycles. The van der Waals surface area contributed by atoms with Gasteiger partial charge in [-0.05, 0) is 0 Å². The minimum Gasteiger partial charge on any atom is -0.418 e. The number of halogens is 4. The Kier molecular flexibility index (Phi) is 9.32. The fraction of sp³-hybridized carbons (Fsp3) is 0.517. The third-order valence-electron chi connectivity index (χ3n) is 6.99. The summed E-state index contributed by atoms with van der Waals surface area (Å²) >= 11 is 1.11. The Balaban J connectivity index is 0.000000771. The van der Waals surface area contributed by atoms with Crippen molar-refractivity contribution < 1.29 is 49.9 Å². The molecule has 1 aromatic carbocycles. The molecule has 2 fully saturated rings. The van der Waals surface area contributed by atoms with Crippen LogP contribution >= 0.6 is 0 Å². The second-order valence-electron chi connectivity index (χ2n) is 12.4. The minimum absolute atomic E-state index is 0.116. The Bertz CT molecular complexity index is 1230. The molecule has 0 spiro atoms. The maximum Gasteiger partial charge on any atom is 0.673 e. The summed E-state index contributed by atoms with van der Waals surface area (Å²) in [6.07, 6.45) is 11.8. The number of fused-ring (bicyclic) bond motifs is 1. The number of benzene rings is 1. The molecule has 2 aliphatic carbocycles. The Morgan fingerprint density at radius 2 is 1.46 bits per heavy atom. The van der Waals surface area contributed by atoms with Gasteiger partial charge in [-0.25, -0.2) is 0 Å². The average Bonchev–Trinajstić information content (AvgIpc) is 3.12. The molecule has 1 saturated heterocycles. The normalized spacial score (nSPS) is 24.7.